The van der Waals surface area contributed by atoms with E-state index in [0.717, 1.165) is 24.3 Å². The number of allylic oxidation sites excluding steroid dienone is 4. The van der Waals surface area contributed by atoms with Gasteiger partial charge in [-0.3, -0.25) is 0 Å². The fraction of sp³-hybridized carbons (Fsp3) is 0.565. The van der Waals surface area contributed by atoms with E-state index >= 15 is 0 Å². The van der Waals surface area contributed by atoms with Crippen molar-refractivity contribution in [1.29, 1.82) is 0 Å². The Balaban J connectivity index is 2.37. The standard InChI is InChI=1S/C23H34O2/c1-14-15(2)17(4)20(16(14)3)11-10-18-12-19(24-8)13-21(22(18)25-9)23(5,6)7/h12-13,16H,10-11H2,1-9H3. The van der Waals surface area contributed by atoms with Crippen molar-refractivity contribution >= 4 is 0 Å². The predicted molar refractivity (Wildman–Crippen MR) is 107 cm³/mol. The average molecular weight is 343 g/mol. The van der Waals surface area contributed by atoms with Crippen LogP contribution in [-0.4, -0.2) is 14.2 Å². The van der Waals surface area contributed by atoms with Gasteiger partial charge in [0.25, 0.3) is 0 Å². The molecule has 0 saturated heterocycles. The highest BCUT2D eigenvalue weighted by Gasteiger charge is 2.25. The summed E-state index contributed by atoms with van der Waals surface area (Å²) in [7, 11) is 3.51. The van der Waals surface area contributed by atoms with Crippen LogP contribution in [0, 0.1) is 5.92 Å². The predicted octanol–water partition coefficient (Wildman–Crippen LogP) is 6.24. The van der Waals surface area contributed by atoms with E-state index in [2.05, 4.69) is 60.6 Å². The molecule has 1 aliphatic rings. The molecule has 25 heavy (non-hydrogen) atoms. The first-order valence-corrected chi connectivity index (χ1v) is 9.24. The molecule has 0 amide bonds. The number of rotatable bonds is 5. The van der Waals surface area contributed by atoms with Crippen molar-refractivity contribution < 1.29 is 9.47 Å². The van der Waals surface area contributed by atoms with E-state index in [9.17, 15) is 0 Å². The zero-order valence-electron chi connectivity index (χ0n) is 17.5. The summed E-state index contributed by atoms with van der Waals surface area (Å²) in [5, 5.41) is 0. The van der Waals surface area contributed by atoms with Crippen molar-refractivity contribution in [3.63, 3.8) is 0 Å². The third-order valence-corrected chi connectivity index (χ3v) is 5.86. The third kappa shape index (κ3) is 3.78. The topological polar surface area (TPSA) is 18.5 Å². The summed E-state index contributed by atoms with van der Waals surface area (Å²) < 4.78 is 11.4. The first kappa shape index (κ1) is 19.6. The quantitative estimate of drug-likeness (QED) is 0.631. The van der Waals surface area contributed by atoms with E-state index in [1.54, 1.807) is 19.8 Å². The van der Waals surface area contributed by atoms with Crippen molar-refractivity contribution in [2.45, 2.75) is 66.7 Å². The minimum atomic E-state index is 0.0131. The van der Waals surface area contributed by atoms with Crippen molar-refractivity contribution in [2.75, 3.05) is 14.2 Å². The number of aryl methyl sites for hydroxylation is 1. The van der Waals surface area contributed by atoms with Crippen LogP contribution >= 0.6 is 0 Å². The van der Waals surface area contributed by atoms with Crippen molar-refractivity contribution in [2.24, 2.45) is 5.92 Å². The van der Waals surface area contributed by atoms with E-state index in [1.807, 2.05) is 0 Å². The van der Waals surface area contributed by atoms with Gasteiger partial charge in [0.1, 0.15) is 11.5 Å². The lowest BCUT2D eigenvalue weighted by atomic mass is 9.83. The smallest absolute Gasteiger partial charge is 0.126 e. The van der Waals surface area contributed by atoms with Crippen LogP contribution in [0.15, 0.2) is 34.4 Å². The number of methoxy groups -OCH3 is 2. The largest absolute Gasteiger partial charge is 0.497 e. The molecule has 2 heteroatoms. The second-order valence-electron chi connectivity index (χ2n) is 8.30. The van der Waals surface area contributed by atoms with Crippen molar-refractivity contribution in [1.82, 2.24) is 0 Å². The molecule has 0 fully saturated rings. The van der Waals surface area contributed by atoms with Gasteiger partial charge >= 0.3 is 0 Å². The Morgan fingerprint density at radius 2 is 1.56 bits per heavy atom. The Bertz CT molecular complexity index is 714. The van der Waals surface area contributed by atoms with E-state index in [0.29, 0.717) is 5.92 Å². The van der Waals surface area contributed by atoms with Crippen LogP contribution in [0.1, 0.15) is 66.0 Å². The molecule has 1 atom stereocenters. The fourth-order valence-electron chi connectivity index (χ4n) is 3.88. The molecular weight excluding hydrogens is 308 g/mol. The zero-order valence-corrected chi connectivity index (χ0v) is 17.5. The first-order chi connectivity index (χ1) is 11.6. The molecule has 1 aromatic carbocycles. The molecule has 0 aromatic heterocycles. The second kappa shape index (κ2) is 7.27. The van der Waals surface area contributed by atoms with Crippen LogP contribution in [0.4, 0.5) is 0 Å². The van der Waals surface area contributed by atoms with Crippen LogP contribution < -0.4 is 9.47 Å². The zero-order chi connectivity index (χ0) is 18.9. The van der Waals surface area contributed by atoms with Gasteiger partial charge in [0, 0.05) is 5.56 Å². The molecule has 0 N–H and O–H groups in total. The molecule has 138 valence electrons. The third-order valence-electron chi connectivity index (χ3n) is 5.86. The van der Waals surface area contributed by atoms with Gasteiger partial charge < -0.3 is 9.47 Å². The lowest BCUT2D eigenvalue weighted by Gasteiger charge is -2.25. The second-order valence-corrected chi connectivity index (χ2v) is 8.30. The van der Waals surface area contributed by atoms with Crippen LogP contribution in [0.3, 0.4) is 0 Å². The minimum Gasteiger partial charge on any atom is -0.497 e. The van der Waals surface area contributed by atoms with Crippen LogP contribution in [-0.2, 0) is 11.8 Å². The Kier molecular flexibility index (Phi) is 5.71. The van der Waals surface area contributed by atoms with Gasteiger partial charge in [-0.25, -0.2) is 0 Å². The number of benzene rings is 1. The van der Waals surface area contributed by atoms with E-state index < -0.39 is 0 Å². The first-order valence-electron chi connectivity index (χ1n) is 9.24. The molecule has 1 aromatic rings. The van der Waals surface area contributed by atoms with Gasteiger partial charge in [0.05, 0.1) is 14.2 Å². The molecule has 0 aliphatic heterocycles. The van der Waals surface area contributed by atoms with Crippen molar-refractivity contribution in [3.05, 3.63) is 45.6 Å². The molecule has 0 spiro atoms. The maximum absolute atomic E-state index is 5.83. The van der Waals surface area contributed by atoms with E-state index in [-0.39, 0.29) is 5.41 Å². The summed E-state index contributed by atoms with van der Waals surface area (Å²) >= 11 is 0. The van der Waals surface area contributed by atoms with Crippen LogP contribution in [0.5, 0.6) is 11.5 Å². The Morgan fingerprint density at radius 3 is 2.00 bits per heavy atom. The van der Waals surface area contributed by atoms with E-state index in [4.69, 9.17) is 9.47 Å². The van der Waals surface area contributed by atoms with Gasteiger partial charge in [0.15, 0.2) is 0 Å². The Hall–Kier alpha value is -1.70. The van der Waals surface area contributed by atoms with Crippen LogP contribution in [0.2, 0.25) is 0 Å². The molecule has 0 bridgehead atoms. The SMILES string of the molecule is COc1cc(CCC2=C(C)C(C)=C(C)C2C)c(OC)c(C(C)(C)C)c1. The molecule has 0 heterocycles. The number of ether oxygens (including phenoxy) is 2. The lowest BCUT2D eigenvalue weighted by Crippen LogP contribution is -2.14. The maximum Gasteiger partial charge on any atom is 0.126 e. The molecular formula is C23H34O2. The van der Waals surface area contributed by atoms with Gasteiger partial charge in [-0.05, 0) is 73.8 Å². The maximum atomic E-state index is 5.83. The van der Waals surface area contributed by atoms with Gasteiger partial charge in [-0.1, -0.05) is 38.8 Å². The normalized spacial score (nSPS) is 18.2. The summed E-state index contributed by atoms with van der Waals surface area (Å²) in [6, 6.07) is 4.25. The Morgan fingerprint density at radius 1 is 0.920 bits per heavy atom. The van der Waals surface area contributed by atoms with Crippen molar-refractivity contribution in [3.8, 4) is 11.5 Å². The summed E-state index contributed by atoms with van der Waals surface area (Å²) in [5.74, 6) is 2.48. The molecule has 2 nitrogen and oxygen atoms in total. The molecule has 0 radical (unpaired) electrons. The van der Waals surface area contributed by atoms with Crippen LogP contribution in [0.25, 0.3) is 0 Å². The summed E-state index contributed by atoms with van der Waals surface area (Å²) in [4.78, 5) is 0. The summed E-state index contributed by atoms with van der Waals surface area (Å²) in [6.07, 6.45) is 2.04. The average Bonchev–Trinajstić information content (AvgIpc) is 2.75. The monoisotopic (exact) mass is 342 g/mol. The Labute approximate surface area is 153 Å². The van der Waals surface area contributed by atoms with Gasteiger partial charge in [-0.15, -0.1) is 0 Å². The summed E-state index contributed by atoms with van der Waals surface area (Å²) in [5.41, 5.74) is 8.48. The molecule has 1 unspecified atom stereocenters. The summed E-state index contributed by atoms with van der Waals surface area (Å²) in [6.45, 7) is 15.8. The fourth-order valence-corrected chi connectivity index (χ4v) is 3.88. The number of hydrogen-bond donors (Lipinski definition) is 0. The van der Waals surface area contributed by atoms with E-state index in [1.165, 1.54) is 27.8 Å². The highest BCUT2D eigenvalue weighted by atomic mass is 16.5. The lowest BCUT2D eigenvalue weighted by molar-refractivity contribution is 0.383. The molecule has 2 rings (SSSR count). The van der Waals surface area contributed by atoms with Gasteiger partial charge in [-0.2, -0.15) is 0 Å². The number of hydrogen-bond acceptors (Lipinski definition) is 2. The molecule has 1 aliphatic carbocycles. The highest BCUT2D eigenvalue weighted by Crippen LogP contribution is 2.41. The molecule has 0 saturated carbocycles. The minimum absolute atomic E-state index is 0.0131. The van der Waals surface area contributed by atoms with Gasteiger partial charge in [0.2, 0.25) is 0 Å². The highest BCUT2D eigenvalue weighted by molar-refractivity contribution is 5.51.